The van der Waals surface area contributed by atoms with Gasteiger partial charge in [0.25, 0.3) is 0 Å². The van der Waals surface area contributed by atoms with E-state index in [4.69, 9.17) is 17.4 Å². The molecular formula is C48H57NO2S. The number of allylic oxidation sites excluding steroid dienone is 4. The molecule has 52 heavy (non-hydrogen) atoms. The molecule has 1 heterocycles. The molecule has 272 valence electrons. The van der Waals surface area contributed by atoms with Gasteiger partial charge in [0.15, 0.2) is 0 Å². The van der Waals surface area contributed by atoms with Gasteiger partial charge in [-0.3, -0.25) is 4.79 Å². The van der Waals surface area contributed by atoms with Gasteiger partial charge in [-0.25, -0.2) is 0 Å². The number of aldehydes is 1. The number of aryl methyl sites for hydroxylation is 1. The first-order valence-corrected chi connectivity index (χ1v) is 20.3. The minimum atomic E-state index is -0.102. The highest BCUT2D eigenvalue weighted by Crippen LogP contribution is 2.62. The van der Waals surface area contributed by atoms with Crippen molar-refractivity contribution in [2.24, 2.45) is 23.2 Å². The van der Waals surface area contributed by atoms with E-state index in [0.717, 1.165) is 59.3 Å². The molecule has 0 aromatic heterocycles. The molecule has 2 unspecified atom stereocenters. The van der Waals surface area contributed by atoms with Gasteiger partial charge < -0.3 is 9.64 Å². The number of thiol groups is 1. The minimum Gasteiger partial charge on any atom is -0.496 e. The van der Waals surface area contributed by atoms with Crippen molar-refractivity contribution < 1.29 is 9.53 Å². The summed E-state index contributed by atoms with van der Waals surface area (Å²) < 4.78 is 6.15. The summed E-state index contributed by atoms with van der Waals surface area (Å²) in [6.07, 6.45) is 17.4. The zero-order valence-corrected chi connectivity index (χ0v) is 33.2. The lowest BCUT2D eigenvalue weighted by molar-refractivity contribution is -0.104. The number of nitrogens with zero attached hydrogens (tertiary/aromatic N) is 1. The Balaban J connectivity index is 1.21. The SMILES string of the molecule is COc1ccc(N2c3cc(C)c(/C=C/C4=C(c5ccccc5)C(=C/C=O)/CC(C)(C)C4S)cc3C(C)CC2(C)C)cc1C12CC3CC(CC(C3)C1)C2. The summed E-state index contributed by atoms with van der Waals surface area (Å²) in [5.41, 5.74) is 12.6. The number of ether oxygens (including phenoxy) is 1. The molecule has 0 radical (unpaired) electrons. The van der Waals surface area contributed by atoms with Gasteiger partial charge in [-0.1, -0.05) is 63.3 Å². The van der Waals surface area contributed by atoms with Crippen molar-refractivity contribution in [2.45, 2.75) is 115 Å². The number of hydrogen-bond donors (Lipinski definition) is 1. The lowest BCUT2D eigenvalue weighted by Crippen LogP contribution is -2.49. The maximum Gasteiger partial charge on any atom is 0.143 e. The lowest BCUT2D eigenvalue weighted by atomic mass is 9.48. The van der Waals surface area contributed by atoms with Crippen molar-refractivity contribution >= 4 is 41.9 Å². The maximum absolute atomic E-state index is 11.9. The highest BCUT2D eigenvalue weighted by molar-refractivity contribution is 7.81. The van der Waals surface area contributed by atoms with Crippen LogP contribution in [0, 0.1) is 30.1 Å². The van der Waals surface area contributed by atoms with Gasteiger partial charge in [0.1, 0.15) is 12.0 Å². The molecule has 4 heteroatoms. The number of rotatable bonds is 7. The van der Waals surface area contributed by atoms with Gasteiger partial charge in [0.2, 0.25) is 0 Å². The van der Waals surface area contributed by atoms with Crippen LogP contribution in [-0.2, 0) is 10.2 Å². The Labute approximate surface area is 318 Å². The first kappa shape index (κ1) is 35.5. The van der Waals surface area contributed by atoms with Crippen LogP contribution in [0.25, 0.3) is 11.6 Å². The van der Waals surface area contributed by atoms with Gasteiger partial charge >= 0.3 is 0 Å². The van der Waals surface area contributed by atoms with Crippen LogP contribution in [0.15, 0.2) is 84.0 Å². The molecule has 9 rings (SSSR count). The molecule has 3 aromatic rings. The van der Waals surface area contributed by atoms with Crippen LogP contribution in [0.5, 0.6) is 5.75 Å². The third-order valence-corrected chi connectivity index (χ3v) is 14.7. The average Bonchev–Trinajstić information content (AvgIpc) is 3.09. The monoisotopic (exact) mass is 711 g/mol. The first-order chi connectivity index (χ1) is 24.8. The average molecular weight is 712 g/mol. The molecule has 0 spiro atoms. The van der Waals surface area contributed by atoms with Crippen LogP contribution in [0.4, 0.5) is 11.4 Å². The topological polar surface area (TPSA) is 29.5 Å². The Morgan fingerprint density at radius 2 is 1.54 bits per heavy atom. The molecule has 4 bridgehead atoms. The summed E-state index contributed by atoms with van der Waals surface area (Å²) in [7, 11) is 1.86. The molecule has 4 saturated carbocycles. The van der Waals surface area contributed by atoms with E-state index in [2.05, 4.69) is 113 Å². The number of carbonyl (C=O) groups excluding carboxylic acids is 1. The zero-order valence-electron chi connectivity index (χ0n) is 32.3. The van der Waals surface area contributed by atoms with Crippen molar-refractivity contribution in [3.05, 3.63) is 112 Å². The van der Waals surface area contributed by atoms with Gasteiger partial charge in [-0.05, 0) is 182 Å². The largest absolute Gasteiger partial charge is 0.496 e. The van der Waals surface area contributed by atoms with E-state index in [9.17, 15) is 4.79 Å². The molecular weight excluding hydrogens is 655 g/mol. The van der Waals surface area contributed by atoms with Crippen LogP contribution in [0.2, 0.25) is 0 Å². The van der Waals surface area contributed by atoms with Gasteiger partial charge in [-0.2, -0.15) is 12.6 Å². The molecule has 4 fully saturated rings. The van der Waals surface area contributed by atoms with E-state index in [-0.39, 0.29) is 21.6 Å². The normalized spacial score (nSPS) is 31.0. The molecule has 0 amide bonds. The van der Waals surface area contributed by atoms with Crippen molar-refractivity contribution in [3.8, 4) is 5.75 Å². The number of carbonyl (C=O) groups is 1. The van der Waals surface area contributed by atoms with Crippen LogP contribution in [0.3, 0.4) is 0 Å². The summed E-state index contributed by atoms with van der Waals surface area (Å²) in [6, 6.07) is 22.5. The number of methoxy groups -OCH3 is 1. The number of benzene rings is 3. The summed E-state index contributed by atoms with van der Waals surface area (Å²) >= 11 is 5.24. The predicted octanol–water partition coefficient (Wildman–Crippen LogP) is 12.2. The van der Waals surface area contributed by atoms with E-state index in [1.165, 1.54) is 77.7 Å². The van der Waals surface area contributed by atoms with Gasteiger partial charge in [0.05, 0.1) is 7.11 Å². The Morgan fingerprint density at radius 1 is 0.865 bits per heavy atom. The fourth-order valence-corrected chi connectivity index (χ4v) is 12.2. The summed E-state index contributed by atoms with van der Waals surface area (Å²) in [6.45, 7) is 14.0. The quantitative estimate of drug-likeness (QED) is 0.150. The summed E-state index contributed by atoms with van der Waals surface area (Å²) in [4.78, 5) is 14.5. The maximum atomic E-state index is 11.9. The fourth-order valence-electron chi connectivity index (χ4n) is 11.9. The van der Waals surface area contributed by atoms with Gasteiger partial charge in [0, 0.05) is 27.7 Å². The van der Waals surface area contributed by atoms with Crippen LogP contribution in [-0.4, -0.2) is 24.2 Å². The Kier molecular flexibility index (Phi) is 8.96. The van der Waals surface area contributed by atoms with E-state index in [1.54, 1.807) is 6.08 Å². The molecule has 2 atom stereocenters. The highest BCUT2D eigenvalue weighted by atomic mass is 32.1. The van der Waals surface area contributed by atoms with Gasteiger partial charge in [-0.15, -0.1) is 0 Å². The minimum absolute atomic E-state index is 0.0224. The van der Waals surface area contributed by atoms with E-state index >= 15 is 0 Å². The smallest absolute Gasteiger partial charge is 0.143 e. The Hall–Kier alpha value is -3.50. The number of anilines is 2. The van der Waals surface area contributed by atoms with E-state index in [1.807, 2.05) is 13.2 Å². The molecule has 5 aliphatic carbocycles. The zero-order chi connectivity index (χ0) is 36.6. The third kappa shape index (κ3) is 6.02. The summed E-state index contributed by atoms with van der Waals surface area (Å²) in [5, 5.41) is 0.0224. The number of hydrogen-bond acceptors (Lipinski definition) is 4. The van der Waals surface area contributed by atoms with Crippen LogP contribution in [0.1, 0.15) is 120 Å². The molecule has 0 saturated heterocycles. The third-order valence-electron chi connectivity index (χ3n) is 13.7. The van der Waals surface area contributed by atoms with E-state index < -0.39 is 0 Å². The summed E-state index contributed by atoms with van der Waals surface area (Å²) in [5.74, 6) is 4.14. The van der Waals surface area contributed by atoms with Crippen molar-refractivity contribution in [2.75, 3.05) is 12.0 Å². The standard InChI is InChI=1S/C48H57NO2S/c1-30-19-42-40(23-36(30)13-15-39-44(35-11-9-8-10-12-35)37(17-18-50)29-46(3,4)45(39)52)31(2)25-47(5,6)49(42)38-14-16-43(51-7)41(24-38)48-26-32-20-33(27-48)22-34(21-32)28-48/h8-19,23-24,31-34,45,52H,20-22,25-29H2,1-7H3/b15-13+,37-17+. The first-order valence-electron chi connectivity index (χ1n) is 19.8. The van der Waals surface area contributed by atoms with Crippen molar-refractivity contribution in [3.63, 3.8) is 0 Å². The highest BCUT2D eigenvalue weighted by Gasteiger charge is 2.53. The molecule has 6 aliphatic rings. The van der Waals surface area contributed by atoms with Crippen molar-refractivity contribution in [1.29, 1.82) is 0 Å². The Morgan fingerprint density at radius 3 is 2.17 bits per heavy atom. The lowest BCUT2D eigenvalue weighted by Gasteiger charge is -2.57. The van der Waals surface area contributed by atoms with Crippen LogP contribution < -0.4 is 9.64 Å². The second kappa shape index (κ2) is 13.1. The second-order valence-electron chi connectivity index (χ2n) is 18.5. The molecule has 1 aliphatic heterocycles. The molecule has 3 nitrogen and oxygen atoms in total. The predicted molar refractivity (Wildman–Crippen MR) is 221 cm³/mol. The van der Waals surface area contributed by atoms with Crippen LogP contribution >= 0.6 is 12.6 Å². The Bertz CT molecular complexity index is 1940. The van der Waals surface area contributed by atoms with E-state index in [0.29, 0.717) is 5.92 Å². The molecule has 3 aromatic carbocycles. The molecule has 0 N–H and O–H groups in total. The number of fused-ring (bicyclic) bond motifs is 1. The second-order valence-corrected chi connectivity index (χ2v) is 19.0. The fraction of sp³-hybridized carbons (Fsp3) is 0.479. The van der Waals surface area contributed by atoms with Crippen molar-refractivity contribution in [1.82, 2.24) is 0 Å².